The van der Waals surface area contributed by atoms with Crippen molar-refractivity contribution in [1.82, 2.24) is 0 Å². The summed E-state index contributed by atoms with van der Waals surface area (Å²) in [5.74, 6) is 0. The molecule has 0 bridgehead atoms. The molecule has 2 heteroatoms. The summed E-state index contributed by atoms with van der Waals surface area (Å²) in [5.41, 5.74) is 3.13. The molecule has 0 unspecified atom stereocenters. The van der Waals surface area contributed by atoms with E-state index in [4.69, 9.17) is 0 Å². The van der Waals surface area contributed by atoms with Gasteiger partial charge in [-0.1, -0.05) is 26.0 Å². The van der Waals surface area contributed by atoms with Crippen LogP contribution in [0.5, 0.6) is 0 Å². The van der Waals surface area contributed by atoms with Crippen LogP contribution in [-0.2, 0) is 35.8 Å². The van der Waals surface area contributed by atoms with Crippen LogP contribution in [0.15, 0.2) is 72.8 Å². The first-order valence-corrected chi connectivity index (χ1v) is 17.2. The molecular weight excluding hydrogens is 495 g/mol. The monoisotopic (exact) mass is 524 g/mol. The Bertz CT molecular complexity index is 814. The van der Waals surface area contributed by atoms with Crippen LogP contribution in [0.2, 0.25) is 13.1 Å². The van der Waals surface area contributed by atoms with E-state index in [9.17, 15) is 0 Å². The zero-order chi connectivity index (χ0) is 18.9. The fourth-order valence-corrected chi connectivity index (χ4v) is 2.84. The van der Waals surface area contributed by atoms with E-state index in [0.717, 1.165) is 12.8 Å². The minimum absolute atomic E-state index is 0.259. The number of fused-ring (bicyclic) bond motifs is 2. The van der Waals surface area contributed by atoms with Gasteiger partial charge in [0.05, 0.1) is 0 Å². The van der Waals surface area contributed by atoms with Crippen molar-refractivity contribution in [3.05, 3.63) is 83.9 Å². The maximum atomic E-state index is 2.33. The Labute approximate surface area is 173 Å². The molecule has 0 saturated carbocycles. The Morgan fingerprint density at radius 2 is 1.08 bits per heavy atom. The van der Waals surface area contributed by atoms with Crippen LogP contribution in [0.4, 0.5) is 0 Å². The van der Waals surface area contributed by atoms with E-state index < -0.39 is 0 Å². The van der Waals surface area contributed by atoms with E-state index in [0.29, 0.717) is 0 Å². The van der Waals surface area contributed by atoms with E-state index in [-0.39, 0.29) is 5.49 Å². The molecule has 0 nitrogen and oxygen atoms in total. The van der Waals surface area contributed by atoms with Crippen LogP contribution in [0, 0.1) is 0 Å². The Kier molecular flexibility index (Phi) is 8.74. The third-order valence-corrected chi connectivity index (χ3v) is 4.17. The molecule has 0 aliphatic rings. The number of aryl methyl sites for hydroxylation is 2. The second kappa shape index (κ2) is 10.8. The van der Waals surface area contributed by atoms with E-state index in [1.807, 2.05) is 0 Å². The van der Waals surface area contributed by atoms with Gasteiger partial charge in [0.25, 0.3) is 0 Å². The normalized spacial score (nSPS) is 10.1. The molecule has 0 heterocycles. The summed E-state index contributed by atoms with van der Waals surface area (Å²) in [4.78, 5) is 0. The quantitative estimate of drug-likeness (QED) is 0.196. The SMILES string of the molecule is CCc1cc2ccccc2[cH-]1.CCc1cc2ccccc2[cH-]1.C[Si](C)=[Hf+2]. The molecule has 0 N–H and O–H groups in total. The van der Waals surface area contributed by atoms with Gasteiger partial charge in [-0.15, -0.1) is 81.2 Å². The van der Waals surface area contributed by atoms with Gasteiger partial charge in [-0.2, -0.15) is 12.1 Å². The van der Waals surface area contributed by atoms with E-state index >= 15 is 0 Å². The first-order chi connectivity index (χ1) is 12.5. The summed E-state index contributed by atoms with van der Waals surface area (Å²) in [5, 5.41) is 5.46. The average molecular weight is 523 g/mol. The Morgan fingerprint density at radius 1 is 0.731 bits per heavy atom. The third kappa shape index (κ3) is 6.48. The van der Waals surface area contributed by atoms with Crippen molar-refractivity contribution in [3.8, 4) is 0 Å². The summed E-state index contributed by atoms with van der Waals surface area (Å²) in [6.07, 6.45) is 2.27. The Hall–Kier alpha value is -1.25. The molecule has 0 atom stereocenters. The van der Waals surface area contributed by atoms with Gasteiger partial charge in [-0.3, -0.25) is 0 Å². The number of hydrogen-bond donors (Lipinski definition) is 0. The molecule has 0 saturated heterocycles. The van der Waals surface area contributed by atoms with Crippen molar-refractivity contribution < 1.29 is 23.0 Å². The van der Waals surface area contributed by atoms with Gasteiger partial charge in [0.1, 0.15) is 0 Å². The van der Waals surface area contributed by atoms with Crippen LogP contribution in [-0.4, -0.2) is 5.49 Å². The fraction of sp³-hybridized carbons (Fsp3) is 0.250. The zero-order valence-electron chi connectivity index (χ0n) is 16.3. The number of benzene rings is 2. The van der Waals surface area contributed by atoms with Crippen LogP contribution in [0.25, 0.3) is 21.5 Å². The number of hydrogen-bond acceptors (Lipinski definition) is 0. The van der Waals surface area contributed by atoms with E-state index in [2.05, 4.69) is 99.7 Å². The molecule has 0 spiro atoms. The molecule has 0 aromatic heterocycles. The minimum atomic E-state index is 0.259. The molecule has 26 heavy (non-hydrogen) atoms. The van der Waals surface area contributed by atoms with Crippen molar-refractivity contribution in [2.75, 3.05) is 0 Å². The molecule has 0 amide bonds. The predicted molar refractivity (Wildman–Crippen MR) is 115 cm³/mol. The predicted octanol–water partition coefficient (Wildman–Crippen LogP) is 7.03. The van der Waals surface area contributed by atoms with Gasteiger partial charge in [0, 0.05) is 0 Å². The molecular formula is C24H28HfSi. The summed E-state index contributed by atoms with van der Waals surface area (Å²) in [6.45, 7) is 9.04. The zero-order valence-corrected chi connectivity index (χ0v) is 20.9. The molecule has 0 fully saturated rings. The molecule has 4 aromatic rings. The second-order valence-corrected chi connectivity index (χ2v) is 19.5. The van der Waals surface area contributed by atoms with Gasteiger partial charge < -0.3 is 0 Å². The average Bonchev–Trinajstić information content (AvgIpc) is 3.24. The Morgan fingerprint density at radius 3 is 1.38 bits per heavy atom. The van der Waals surface area contributed by atoms with Crippen molar-refractivity contribution >= 4 is 27.0 Å². The first kappa shape index (κ1) is 21.1. The van der Waals surface area contributed by atoms with Crippen LogP contribution in [0.1, 0.15) is 25.0 Å². The van der Waals surface area contributed by atoms with Crippen molar-refractivity contribution in [1.29, 1.82) is 0 Å². The summed E-state index contributed by atoms with van der Waals surface area (Å²) < 4.78 is 0. The molecule has 4 rings (SSSR count). The molecule has 0 radical (unpaired) electrons. The third-order valence-electron chi connectivity index (χ3n) is 4.17. The van der Waals surface area contributed by atoms with E-state index in [1.54, 1.807) is 0 Å². The first-order valence-electron chi connectivity index (χ1n) is 9.34. The summed E-state index contributed by atoms with van der Waals surface area (Å²) >= 11 is 1.45. The van der Waals surface area contributed by atoms with Crippen molar-refractivity contribution in [2.45, 2.75) is 39.8 Å². The molecule has 0 aliphatic carbocycles. The van der Waals surface area contributed by atoms with Crippen molar-refractivity contribution in [2.24, 2.45) is 0 Å². The topological polar surface area (TPSA) is 0 Å². The Balaban J connectivity index is 0.000000156. The van der Waals surface area contributed by atoms with Crippen LogP contribution >= 0.6 is 0 Å². The summed E-state index contributed by atoms with van der Waals surface area (Å²) in [6, 6.07) is 26.0. The van der Waals surface area contributed by atoms with Gasteiger partial charge in [-0.25, -0.2) is 0 Å². The second-order valence-electron chi connectivity index (χ2n) is 6.69. The van der Waals surface area contributed by atoms with Gasteiger partial charge in [0.15, 0.2) is 0 Å². The number of rotatable bonds is 2. The van der Waals surface area contributed by atoms with Gasteiger partial charge in [-0.05, 0) is 12.8 Å². The maximum absolute atomic E-state index is 2.33. The summed E-state index contributed by atoms with van der Waals surface area (Å²) in [7, 11) is 0. The standard InChI is InChI=1S/2C11H11.C2H6Si.Hf/c2*1-2-9-7-10-5-3-4-6-11(10)8-9;1-3-2;/h2*3-8H,2H2,1H3;1-2H3;/q2*-1;;+2. The van der Waals surface area contributed by atoms with Gasteiger partial charge >= 0.3 is 41.6 Å². The van der Waals surface area contributed by atoms with Crippen LogP contribution < -0.4 is 0 Å². The van der Waals surface area contributed by atoms with Gasteiger partial charge in [0.2, 0.25) is 0 Å². The van der Waals surface area contributed by atoms with Crippen LogP contribution in [0.3, 0.4) is 0 Å². The molecule has 0 aliphatic heterocycles. The molecule has 4 aromatic carbocycles. The van der Waals surface area contributed by atoms with E-state index in [1.165, 1.54) is 55.7 Å². The molecule has 132 valence electrons. The van der Waals surface area contributed by atoms with Crippen molar-refractivity contribution in [3.63, 3.8) is 0 Å². The fourth-order valence-electron chi connectivity index (χ4n) is 2.84.